The van der Waals surface area contributed by atoms with Gasteiger partial charge >= 0.3 is 0 Å². The Kier molecular flexibility index (Phi) is 5.03. The van der Waals surface area contributed by atoms with Crippen LogP contribution in [0, 0.1) is 11.7 Å². The van der Waals surface area contributed by atoms with Gasteiger partial charge in [-0.2, -0.15) is 0 Å². The number of hydrogen-bond donors (Lipinski definition) is 2. The van der Waals surface area contributed by atoms with Crippen molar-refractivity contribution in [2.24, 2.45) is 5.92 Å². The molecule has 2 unspecified atom stereocenters. The molecule has 0 saturated heterocycles. The summed E-state index contributed by atoms with van der Waals surface area (Å²) in [4.78, 5) is 13.3. The number of aliphatic hydroxyl groups is 2. The first kappa shape index (κ1) is 15.6. The molecule has 1 aromatic rings. The highest BCUT2D eigenvalue weighted by Gasteiger charge is 2.24. The highest BCUT2D eigenvalue weighted by Crippen LogP contribution is 2.27. The van der Waals surface area contributed by atoms with E-state index < -0.39 is 18.3 Å². The Balaban J connectivity index is 3.38. The van der Waals surface area contributed by atoms with Gasteiger partial charge in [-0.1, -0.05) is 13.8 Å². The maximum absolute atomic E-state index is 13.4. The van der Waals surface area contributed by atoms with Gasteiger partial charge in [0.25, 0.3) is 0 Å². The molecular formula is C14H20FNO3. The number of benzene rings is 1. The monoisotopic (exact) mass is 269 g/mol. The number of Topliss-reactive ketones (excluding diaryl/α,β-unsaturated/α-hetero) is 1. The lowest BCUT2D eigenvalue weighted by molar-refractivity contribution is 0.0931. The van der Waals surface area contributed by atoms with Crippen LogP contribution in [0.15, 0.2) is 18.2 Å². The van der Waals surface area contributed by atoms with Crippen LogP contribution in [0.1, 0.15) is 38.1 Å². The summed E-state index contributed by atoms with van der Waals surface area (Å²) in [5, 5.41) is 19.4. The molecule has 1 rings (SSSR count). The van der Waals surface area contributed by atoms with Gasteiger partial charge in [0, 0.05) is 11.5 Å². The van der Waals surface area contributed by atoms with Gasteiger partial charge < -0.3 is 15.1 Å². The molecule has 0 aliphatic rings. The molecule has 0 aliphatic heterocycles. The van der Waals surface area contributed by atoms with Crippen LogP contribution in [0.25, 0.3) is 0 Å². The smallest absolute Gasteiger partial charge is 0.167 e. The minimum absolute atomic E-state index is 0.165. The molecule has 0 fully saturated rings. The lowest BCUT2D eigenvalue weighted by Crippen LogP contribution is -2.41. The summed E-state index contributed by atoms with van der Waals surface area (Å²) in [6, 6.07) is 3.72. The SMILES string of the molecule is CC(C)C(=O)c1ccc(F)cc1N(C(C)O)C(C)O. The summed E-state index contributed by atoms with van der Waals surface area (Å²) in [7, 11) is 0. The molecule has 0 saturated carbocycles. The lowest BCUT2D eigenvalue weighted by atomic mass is 9.98. The first-order chi connectivity index (χ1) is 8.75. The summed E-state index contributed by atoms with van der Waals surface area (Å²) >= 11 is 0. The lowest BCUT2D eigenvalue weighted by Gasteiger charge is -2.32. The normalized spacial score (nSPS) is 14.3. The van der Waals surface area contributed by atoms with E-state index in [-0.39, 0.29) is 23.0 Å². The Morgan fingerprint density at radius 1 is 1.16 bits per heavy atom. The summed E-state index contributed by atoms with van der Waals surface area (Å²) in [6.45, 7) is 6.37. The van der Waals surface area contributed by atoms with E-state index >= 15 is 0 Å². The molecule has 0 aliphatic carbocycles. The van der Waals surface area contributed by atoms with Gasteiger partial charge in [-0.3, -0.25) is 4.79 Å². The largest absolute Gasteiger partial charge is 0.374 e. The number of ketones is 1. The van der Waals surface area contributed by atoms with Gasteiger partial charge in [-0.15, -0.1) is 0 Å². The van der Waals surface area contributed by atoms with Crippen molar-refractivity contribution in [1.82, 2.24) is 0 Å². The molecule has 0 bridgehead atoms. The molecular weight excluding hydrogens is 249 g/mol. The van der Waals surface area contributed by atoms with Crippen molar-refractivity contribution in [1.29, 1.82) is 0 Å². The third kappa shape index (κ3) is 3.52. The number of anilines is 1. The fraction of sp³-hybridized carbons (Fsp3) is 0.500. The zero-order valence-electron chi connectivity index (χ0n) is 11.6. The van der Waals surface area contributed by atoms with Gasteiger partial charge in [0.05, 0.1) is 5.69 Å². The van der Waals surface area contributed by atoms with Crippen LogP contribution in [0.5, 0.6) is 0 Å². The minimum Gasteiger partial charge on any atom is -0.374 e. The van der Waals surface area contributed by atoms with E-state index in [1.807, 2.05) is 0 Å². The molecule has 0 radical (unpaired) electrons. The fourth-order valence-corrected chi connectivity index (χ4v) is 1.95. The van der Waals surface area contributed by atoms with Gasteiger partial charge in [0.15, 0.2) is 5.78 Å². The van der Waals surface area contributed by atoms with E-state index in [4.69, 9.17) is 0 Å². The van der Waals surface area contributed by atoms with Crippen molar-refractivity contribution in [3.8, 4) is 0 Å². The maximum Gasteiger partial charge on any atom is 0.167 e. The van der Waals surface area contributed by atoms with Crippen LogP contribution in [-0.2, 0) is 0 Å². The van der Waals surface area contributed by atoms with E-state index in [1.165, 1.54) is 30.9 Å². The van der Waals surface area contributed by atoms with Crippen molar-refractivity contribution < 1.29 is 19.4 Å². The third-order valence-electron chi connectivity index (χ3n) is 2.83. The van der Waals surface area contributed by atoms with Crippen molar-refractivity contribution in [3.63, 3.8) is 0 Å². The van der Waals surface area contributed by atoms with Gasteiger partial charge in [0.1, 0.15) is 18.3 Å². The number of hydrogen-bond acceptors (Lipinski definition) is 4. The van der Waals surface area contributed by atoms with E-state index in [1.54, 1.807) is 13.8 Å². The second kappa shape index (κ2) is 6.12. The molecule has 2 atom stereocenters. The Hall–Kier alpha value is -1.46. The van der Waals surface area contributed by atoms with E-state index in [9.17, 15) is 19.4 Å². The quantitative estimate of drug-likeness (QED) is 0.635. The summed E-state index contributed by atoms with van der Waals surface area (Å²) in [5.74, 6) is -0.947. The van der Waals surface area contributed by atoms with Gasteiger partial charge in [-0.25, -0.2) is 4.39 Å². The molecule has 5 heteroatoms. The van der Waals surface area contributed by atoms with Crippen LogP contribution in [-0.4, -0.2) is 28.5 Å². The second-order valence-electron chi connectivity index (χ2n) is 4.85. The minimum atomic E-state index is -1.04. The zero-order chi connectivity index (χ0) is 14.7. The Bertz CT molecular complexity index is 450. The molecule has 0 amide bonds. The summed E-state index contributed by atoms with van der Waals surface area (Å²) in [5.41, 5.74) is 0.488. The van der Waals surface area contributed by atoms with Gasteiger partial charge in [0.2, 0.25) is 0 Å². The zero-order valence-corrected chi connectivity index (χ0v) is 11.6. The Labute approximate surface area is 112 Å². The van der Waals surface area contributed by atoms with E-state index in [0.717, 1.165) is 6.07 Å². The highest BCUT2D eigenvalue weighted by molar-refractivity contribution is 6.02. The standard InChI is InChI=1S/C14H20FNO3/c1-8(2)14(19)12-6-5-11(15)7-13(12)16(9(3)17)10(4)18/h5-10,17-18H,1-4H3. The third-order valence-corrected chi connectivity index (χ3v) is 2.83. The first-order valence-electron chi connectivity index (χ1n) is 6.24. The molecule has 0 aromatic heterocycles. The first-order valence-corrected chi connectivity index (χ1v) is 6.24. The molecule has 4 nitrogen and oxygen atoms in total. The van der Waals surface area contributed by atoms with Crippen LogP contribution in [0.3, 0.4) is 0 Å². The molecule has 2 N–H and O–H groups in total. The van der Waals surface area contributed by atoms with Crippen LogP contribution >= 0.6 is 0 Å². The van der Waals surface area contributed by atoms with E-state index in [2.05, 4.69) is 0 Å². The van der Waals surface area contributed by atoms with Crippen LogP contribution in [0.4, 0.5) is 10.1 Å². The molecule has 0 heterocycles. The molecule has 1 aromatic carbocycles. The van der Waals surface area contributed by atoms with Crippen molar-refractivity contribution in [2.75, 3.05) is 4.90 Å². The number of halogens is 1. The summed E-state index contributed by atoms with van der Waals surface area (Å²) < 4.78 is 13.4. The van der Waals surface area contributed by atoms with Gasteiger partial charge in [-0.05, 0) is 32.0 Å². The number of nitrogens with zero attached hydrogens (tertiary/aromatic N) is 1. The van der Waals surface area contributed by atoms with Crippen LogP contribution in [0.2, 0.25) is 0 Å². The summed E-state index contributed by atoms with van der Waals surface area (Å²) in [6.07, 6.45) is -2.08. The molecule has 0 spiro atoms. The number of carbonyl (C=O) groups excluding carboxylic acids is 1. The highest BCUT2D eigenvalue weighted by atomic mass is 19.1. The Morgan fingerprint density at radius 2 is 1.68 bits per heavy atom. The van der Waals surface area contributed by atoms with Crippen LogP contribution < -0.4 is 4.90 Å². The topological polar surface area (TPSA) is 60.8 Å². The number of carbonyl (C=O) groups is 1. The van der Waals surface area contributed by atoms with Crippen molar-refractivity contribution >= 4 is 11.5 Å². The van der Waals surface area contributed by atoms with Crippen molar-refractivity contribution in [3.05, 3.63) is 29.6 Å². The predicted octanol–water partition coefficient (Wildman–Crippen LogP) is 2.15. The Morgan fingerprint density at radius 3 is 2.11 bits per heavy atom. The molecule has 106 valence electrons. The predicted molar refractivity (Wildman–Crippen MR) is 71.4 cm³/mol. The molecule has 19 heavy (non-hydrogen) atoms. The second-order valence-corrected chi connectivity index (χ2v) is 4.85. The average Bonchev–Trinajstić information content (AvgIpc) is 2.27. The number of rotatable bonds is 5. The maximum atomic E-state index is 13.4. The van der Waals surface area contributed by atoms with Crippen molar-refractivity contribution in [2.45, 2.75) is 40.2 Å². The van der Waals surface area contributed by atoms with E-state index in [0.29, 0.717) is 0 Å². The number of aliphatic hydroxyl groups excluding tert-OH is 2. The fourth-order valence-electron chi connectivity index (χ4n) is 1.95. The average molecular weight is 269 g/mol.